The van der Waals surface area contributed by atoms with Crippen molar-refractivity contribution in [1.29, 1.82) is 0 Å². The lowest BCUT2D eigenvalue weighted by Crippen LogP contribution is -1.95. The second kappa shape index (κ2) is 7.13. The van der Waals surface area contributed by atoms with Crippen LogP contribution in [-0.2, 0) is 0 Å². The molecular weight excluding hydrogens is 588 g/mol. The fourth-order valence-corrected chi connectivity index (χ4v) is 4.16. The zero-order valence-electron chi connectivity index (χ0n) is 10.0. The van der Waals surface area contributed by atoms with Crippen LogP contribution in [0.4, 0.5) is 0 Å². The smallest absolute Gasteiger partial charge is 0.185 e. The highest BCUT2D eigenvalue weighted by Crippen LogP contribution is 2.52. The molecule has 0 N–H and O–H groups in total. The second-order valence-corrected chi connectivity index (χ2v) is 7.68. The van der Waals surface area contributed by atoms with Gasteiger partial charge in [-0.2, -0.15) is 0 Å². The highest BCUT2D eigenvalue weighted by Gasteiger charge is 2.22. The monoisotopic (exact) mass is 590 g/mol. The Labute approximate surface area is 158 Å². The SMILES string of the molecule is COc1c(Br)c(Br)c(Br)c(Br)c1Oc1ccccc1Br. The van der Waals surface area contributed by atoms with Gasteiger partial charge in [0.2, 0.25) is 0 Å². The Morgan fingerprint density at radius 2 is 1.30 bits per heavy atom. The van der Waals surface area contributed by atoms with Crippen molar-refractivity contribution in [2.45, 2.75) is 0 Å². The summed E-state index contributed by atoms with van der Waals surface area (Å²) in [6, 6.07) is 7.62. The fourth-order valence-electron chi connectivity index (χ4n) is 1.50. The predicted molar refractivity (Wildman–Crippen MR) is 98.0 cm³/mol. The van der Waals surface area contributed by atoms with Crippen LogP contribution in [0.15, 0.2) is 46.6 Å². The number of para-hydroxylation sites is 1. The van der Waals surface area contributed by atoms with Crippen molar-refractivity contribution < 1.29 is 9.47 Å². The molecule has 0 spiro atoms. The van der Waals surface area contributed by atoms with Gasteiger partial charge in [-0.3, -0.25) is 0 Å². The molecule has 0 aromatic heterocycles. The van der Waals surface area contributed by atoms with E-state index >= 15 is 0 Å². The van der Waals surface area contributed by atoms with Gasteiger partial charge in [0.15, 0.2) is 11.5 Å². The van der Waals surface area contributed by atoms with Gasteiger partial charge in [0.25, 0.3) is 0 Å². The van der Waals surface area contributed by atoms with Gasteiger partial charge in [-0.25, -0.2) is 0 Å². The van der Waals surface area contributed by atoms with E-state index in [0.29, 0.717) is 17.2 Å². The van der Waals surface area contributed by atoms with Gasteiger partial charge in [0.05, 0.1) is 29.5 Å². The normalized spacial score (nSPS) is 10.5. The summed E-state index contributed by atoms with van der Waals surface area (Å²) in [6.07, 6.45) is 0. The molecule has 7 heteroatoms. The van der Waals surface area contributed by atoms with Crippen molar-refractivity contribution in [2.24, 2.45) is 0 Å². The minimum atomic E-state index is 0.585. The number of rotatable bonds is 3. The van der Waals surface area contributed by atoms with Crippen molar-refractivity contribution in [2.75, 3.05) is 7.11 Å². The van der Waals surface area contributed by atoms with Gasteiger partial charge in [-0.15, -0.1) is 0 Å². The van der Waals surface area contributed by atoms with Crippen LogP contribution in [0, 0.1) is 0 Å². The molecule has 0 radical (unpaired) electrons. The van der Waals surface area contributed by atoms with E-state index in [9.17, 15) is 0 Å². The quantitative estimate of drug-likeness (QED) is 0.274. The molecule has 0 bridgehead atoms. The van der Waals surface area contributed by atoms with Gasteiger partial charge in [0, 0.05) is 0 Å². The zero-order valence-corrected chi connectivity index (χ0v) is 17.9. The van der Waals surface area contributed by atoms with Crippen LogP contribution < -0.4 is 9.47 Å². The molecule has 0 atom stereocenters. The largest absolute Gasteiger partial charge is 0.492 e. The molecule has 0 saturated carbocycles. The molecule has 0 heterocycles. The fraction of sp³-hybridized carbons (Fsp3) is 0.0769. The van der Waals surface area contributed by atoms with Crippen molar-refractivity contribution in [3.8, 4) is 17.2 Å². The molecular formula is C13H7Br5O2. The van der Waals surface area contributed by atoms with E-state index in [0.717, 1.165) is 22.4 Å². The van der Waals surface area contributed by atoms with Crippen molar-refractivity contribution in [1.82, 2.24) is 0 Å². The van der Waals surface area contributed by atoms with Gasteiger partial charge in [0.1, 0.15) is 5.75 Å². The number of ether oxygens (including phenoxy) is 2. The molecule has 0 fully saturated rings. The second-order valence-electron chi connectivity index (χ2n) is 3.65. The molecule has 2 rings (SSSR count). The lowest BCUT2D eigenvalue weighted by molar-refractivity contribution is 0.374. The van der Waals surface area contributed by atoms with E-state index in [4.69, 9.17) is 9.47 Å². The van der Waals surface area contributed by atoms with E-state index in [2.05, 4.69) is 79.6 Å². The Morgan fingerprint density at radius 1 is 0.750 bits per heavy atom. The summed E-state index contributed by atoms with van der Waals surface area (Å²) >= 11 is 17.5. The average molecular weight is 595 g/mol. The topological polar surface area (TPSA) is 18.5 Å². The van der Waals surface area contributed by atoms with E-state index in [-0.39, 0.29) is 0 Å². The Bertz CT molecular complexity index is 658. The highest BCUT2D eigenvalue weighted by atomic mass is 79.9. The molecule has 0 aliphatic carbocycles. The summed E-state index contributed by atoms with van der Waals surface area (Å²) in [5, 5.41) is 0. The molecule has 0 aliphatic rings. The number of methoxy groups -OCH3 is 1. The first-order chi connectivity index (χ1) is 9.47. The van der Waals surface area contributed by atoms with Gasteiger partial charge < -0.3 is 9.47 Å². The highest BCUT2D eigenvalue weighted by molar-refractivity contribution is 9.15. The standard InChI is InChI=1S/C13H7Br5O2/c1-19-12-10(17)8(15)9(16)11(18)13(12)20-7-5-3-2-4-6(7)14/h2-5H,1H3. The first kappa shape index (κ1) is 16.8. The van der Waals surface area contributed by atoms with Crippen molar-refractivity contribution in [3.05, 3.63) is 46.6 Å². The van der Waals surface area contributed by atoms with E-state index in [1.54, 1.807) is 7.11 Å². The van der Waals surface area contributed by atoms with Crippen molar-refractivity contribution >= 4 is 79.6 Å². The Kier molecular flexibility index (Phi) is 5.99. The number of benzene rings is 2. The number of hydrogen-bond donors (Lipinski definition) is 0. The number of halogens is 5. The molecule has 20 heavy (non-hydrogen) atoms. The number of hydrogen-bond acceptors (Lipinski definition) is 2. The third-order valence-electron chi connectivity index (χ3n) is 2.44. The molecule has 106 valence electrons. The zero-order chi connectivity index (χ0) is 14.9. The molecule has 2 nitrogen and oxygen atoms in total. The first-order valence-corrected chi connectivity index (χ1v) is 9.26. The van der Waals surface area contributed by atoms with Crippen LogP contribution in [0.5, 0.6) is 17.2 Å². The summed E-state index contributed by atoms with van der Waals surface area (Å²) < 4.78 is 15.5. The maximum Gasteiger partial charge on any atom is 0.185 e. The van der Waals surface area contributed by atoms with Crippen molar-refractivity contribution in [3.63, 3.8) is 0 Å². The lowest BCUT2D eigenvalue weighted by Gasteiger charge is -2.17. The molecule has 2 aromatic carbocycles. The van der Waals surface area contributed by atoms with Crippen LogP contribution >= 0.6 is 79.6 Å². The molecule has 0 unspecified atom stereocenters. The minimum Gasteiger partial charge on any atom is -0.492 e. The van der Waals surface area contributed by atoms with Crippen LogP contribution in [0.3, 0.4) is 0 Å². The Hall–Kier alpha value is 0.440. The predicted octanol–water partition coefficient (Wildman–Crippen LogP) is 7.30. The summed E-state index contributed by atoms with van der Waals surface area (Å²) in [7, 11) is 1.60. The molecule has 0 amide bonds. The lowest BCUT2D eigenvalue weighted by atomic mass is 10.3. The third-order valence-corrected chi connectivity index (χ3v) is 7.79. The Balaban J connectivity index is 2.60. The van der Waals surface area contributed by atoms with E-state index < -0.39 is 0 Å². The average Bonchev–Trinajstić information content (AvgIpc) is 2.45. The molecule has 0 saturated heterocycles. The van der Waals surface area contributed by atoms with E-state index in [1.807, 2.05) is 24.3 Å². The summed E-state index contributed by atoms with van der Waals surface area (Å²) in [6.45, 7) is 0. The Morgan fingerprint density at radius 3 is 1.85 bits per heavy atom. The van der Waals surface area contributed by atoms with Gasteiger partial charge in [-0.05, 0) is 91.8 Å². The first-order valence-electron chi connectivity index (χ1n) is 5.29. The summed E-state index contributed by atoms with van der Waals surface area (Å²) in [5.41, 5.74) is 0. The van der Waals surface area contributed by atoms with Crippen LogP contribution in [0.1, 0.15) is 0 Å². The summed E-state index contributed by atoms with van der Waals surface area (Å²) in [5.74, 6) is 1.89. The maximum atomic E-state index is 5.98. The van der Waals surface area contributed by atoms with E-state index in [1.165, 1.54) is 0 Å². The van der Waals surface area contributed by atoms with Crippen LogP contribution in [-0.4, -0.2) is 7.11 Å². The third kappa shape index (κ3) is 3.27. The summed E-state index contributed by atoms with van der Waals surface area (Å²) in [4.78, 5) is 0. The molecule has 0 aliphatic heterocycles. The van der Waals surface area contributed by atoms with Gasteiger partial charge >= 0.3 is 0 Å². The minimum absolute atomic E-state index is 0.585. The maximum absolute atomic E-state index is 5.98. The van der Waals surface area contributed by atoms with Crippen LogP contribution in [0.25, 0.3) is 0 Å². The van der Waals surface area contributed by atoms with Gasteiger partial charge in [-0.1, -0.05) is 12.1 Å². The van der Waals surface area contributed by atoms with Crippen LogP contribution in [0.2, 0.25) is 0 Å². The molecule has 2 aromatic rings.